The molecule has 3 nitrogen and oxygen atoms in total. The van der Waals surface area contributed by atoms with Gasteiger partial charge in [0, 0.05) is 22.5 Å². The summed E-state index contributed by atoms with van der Waals surface area (Å²) < 4.78 is 1.90. The SMILES string of the molecule is Cc1nn(Cc2ccc(CNCC(C)C)s2)cc1Cl. The zero-order valence-corrected chi connectivity index (χ0v) is 13.2. The number of aromatic nitrogens is 2. The Hall–Kier alpha value is -0.840. The van der Waals surface area contributed by atoms with E-state index >= 15 is 0 Å². The van der Waals surface area contributed by atoms with E-state index in [1.807, 2.05) is 29.1 Å². The molecule has 0 aromatic carbocycles. The highest BCUT2D eigenvalue weighted by Crippen LogP contribution is 2.19. The Kier molecular flexibility index (Phi) is 5.02. The molecule has 0 radical (unpaired) electrons. The molecule has 0 unspecified atom stereocenters. The van der Waals surface area contributed by atoms with Gasteiger partial charge in [-0.05, 0) is 31.5 Å². The Balaban J connectivity index is 1.90. The fourth-order valence-corrected chi connectivity index (χ4v) is 2.95. The van der Waals surface area contributed by atoms with E-state index in [2.05, 4.69) is 36.4 Å². The standard InChI is InChI=1S/C14H20ClN3S/c1-10(2)6-16-7-12-4-5-13(19-12)8-18-9-14(15)11(3)17-18/h4-5,9-10,16H,6-8H2,1-3H3. The van der Waals surface area contributed by atoms with Crippen molar-refractivity contribution in [2.45, 2.75) is 33.9 Å². The van der Waals surface area contributed by atoms with Crippen molar-refractivity contribution in [1.82, 2.24) is 15.1 Å². The molecule has 0 amide bonds. The van der Waals surface area contributed by atoms with Crippen LogP contribution in [0.5, 0.6) is 0 Å². The second-order valence-electron chi connectivity index (χ2n) is 5.15. The number of hydrogen-bond donors (Lipinski definition) is 1. The number of hydrogen-bond acceptors (Lipinski definition) is 3. The molecule has 0 spiro atoms. The summed E-state index contributed by atoms with van der Waals surface area (Å²) in [5.41, 5.74) is 0.886. The molecule has 0 aliphatic heterocycles. The topological polar surface area (TPSA) is 29.9 Å². The lowest BCUT2D eigenvalue weighted by atomic mass is 10.2. The predicted molar refractivity (Wildman–Crippen MR) is 81.9 cm³/mol. The molecule has 2 rings (SSSR count). The van der Waals surface area contributed by atoms with E-state index in [4.69, 9.17) is 11.6 Å². The average molecular weight is 298 g/mol. The third kappa shape index (κ3) is 4.34. The van der Waals surface area contributed by atoms with Crippen molar-refractivity contribution in [2.24, 2.45) is 5.92 Å². The first-order valence-corrected chi connectivity index (χ1v) is 7.72. The van der Waals surface area contributed by atoms with E-state index in [9.17, 15) is 0 Å². The summed E-state index contributed by atoms with van der Waals surface area (Å²) in [5, 5.41) is 8.57. The van der Waals surface area contributed by atoms with Crippen molar-refractivity contribution >= 4 is 22.9 Å². The summed E-state index contributed by atoms with van der Waals surface area (Å²) in [4.78, 5) is 2.67. The molecular weight excluding hydrogens is 278 g/mol. The van der Waals surface area contributed by atoms with Crippen molar-refractivity contribution < 1.29 is 0 Å². The monoisotopic (exact) mass is 297 g/mol. The van der Waals surface area contributed by atoms with Gasteiger partial charge in [0.05, 0.1) is 17.3 Å². The lowest BCUT2D eigenvalue weighted by molar-refractivity contribution is 0.555. The minimum atomic E-state index is 0.689. The van der Waals surface area contributed by atoms with E-state index in [0.29, 0.717) is 5.92 Å². The highest BCUT2D eigenvalue weighted by Gasteiger charge is 2.05. The summed E-state index contributed by atoms with van der Waals surface area (Å²) in [6.45, 7) is 9.16. The van der Waals surface area contributed by atoms with Crippen LogP contribution in [0.4, 0.5) is 0 Å². The van der Waals surface area contributed by atoms with E-state index in [-0.39, 0.29) is 0 Å². The molecule has 5 heteroatoms. The van der Waals surface area contributed by atoms with Gasteiger partial charge in [0.15, 0.2) is 0 Å². The van der Waals surface area contributed by atoms with E-state index in [1.54, 1.807) is 0 Å². The maximum atomic E-state index is 6.01. The summed E-state index contributed by atoms with van der Waals surface area (Å²) in [6, 6.07) is 4.35. The first-order valence-electron chi connectivity index (χ1n) is 6.52. The Morgan fingerprint density at radius 2 is 2.11 bits per heavy atom. The highest BCUT2D eigenvalue weighted by molar-refractivity contribution is 7.11. The number of aryl methyl sites for hydroxylation is 1. The largest absolute Gasteiger partial charge is 0.312 e. The minimum absolute atomic E-state index is 0.689. The van der Waals surface area contributed by atoms with E-state index in [0.717, 1.165) is 30.4 Å². The quantitative estimate of drug-likeness (QED) is 0.881. The van der Waals surface area contributed by atoms with Gasteiger partial charge in [-0.25, -0.2) is 0 Å². The van der Waals surface area contributed by atoms with Crippen LogP contribution in [0, 0.1) is 12.8 Å². The molecule has 0 fully saturated rings. The lowest BCUT2D eigenvalue weighted by Crippen LogP contribution is -2.18. The van der Waals surface area contributed by atoms with Crippen molar-refractivity contribution in [3.05, 3.63) is 38.8 Å². The predicted octanol–water partition coefficient (Wildman–Crippen LogP) is 3.70. The Morgan fingerprint density at radius 3 is 2.74 bits per heavy atom. The van der Waals surface area contributed by atoms with Gasteiger partial charge in [0.1, 0.15) is 0 Å². The van der Waals surface area contributed by atoms with Gasteiger partial charge in [-0.15, -0.1) is 11.3 Å². The van der Waals surface area contributed by atoms with Gasteiger partial charge in [0.2, 0.25) is 0 Å². The van der Waals surface area contributed by atoms with Crippen LogP contribution in [0.15, 0.2) is 18.3 Å². The van der Waals surface area contributed by atoms with E-state index in [1.165, 1.54) is 9.75 Å². The van der Waals surface area contributed by atoms with Crippen LogP contribution < -0.4 is 5.32 Å². The molecule has 0 bridgehead atoms. The van der Waals surface area contributed by atoms with Crippen LogP contribution in [0.2, 0.25) is 5.02 Å². The molecule has 0 saturated heterocycles. The summed E-state index contributed by atoms with van der Waals surface area (Å²) in [7, 11) is 0. The first-order chi connectivity index (χ1) is 9.04. The molecule has 0 aliphatic rings. The van der Waals surface area contributed by atoms with Crippen LogP contribution in [-0.2, 0) is 13.1 Å². The van der Waals surface area contributed by atoms with Gasteiger partial charge in [-0.3, -0.25) is 4.68 Å². The zero-order chi connectivity index (χ0) is 13.8. The first kappa shape index (κ1) is 14.6. The smallest absolute Gasteiger partial charge is 0.0815 e. The molecule has 0 aliphatic carbocycles. The number of nitrogens with zero attached hydrogens (tertiary/aromatic N) is 2. The Labute approximate surface area is 123 Å². The van der Waals surface area contributed by atoms with Crippen molar-refractivity contribution in [3.8, 4) is 0 Å². The third-order valence-electron chi connectivity index (χ3n) is 2.77. The van der Waals surface area contributed by atoms with Gasteiger partial charge in [-0.2, -0.15) is 5.10 Å². The molecule has 2 aromatic heterocycles. The van der Waals surface area contributed by atoms with Crippen LogP contribution in [0.25, 0.3) is 0 Å². The highest BCUT2D eigenvalue weighted by atomic mass is 35.5. The molecule has 1 N–H and O–H groups in total. The molecule has 0 saturated carbocycles. The molecule has 19 heavy (non-hydrogen) atoms. The van der Waals surface area contributed by atoms with Gasteiger partial charge in [0.25, 0.3) is 0 Å². The molecule has 0 atom stereocenters. The van der Waals surface area contributed by atoms with Gasteiger partial charge < -0.3 is 5.32 Å². The Bertz CT molecular complexity index is 511. The van der Waals surface area contributed by atoms with Crippen molar-refractivity contribution in [2.75, 3.05) is 6.54 Å². The summed E-state index contributed by atoms with van der Waals surface area (Å²) in [5.74, 6) is 0.689. The fourth-order valence-electron chi connectivity index (χ4n) is 1.82. The third-order valence-corrected chi connectivity index (χ3v) is 4.21. The zero-order valence-electron chi connectivity index (χ0n) is 11.6. The lowest BCUT2D eigenvalue weighted by Gasteiger charge is -2.05. The number of halogens is 1. The second kappa shape index (κ2) is 6.55. The Morgan fingerprint density at radius 1 is 1.37 bits per heavy atom. The van der Waals surface area contributed by atoms with Gasteiger partial charge >= 0.3 is 0 Å². The number of nitrogens with one attached hydrogen (secondary N) is 1. The van der Waals surface area contributed by atoms with Gasteiger partial charge in [-0.1, -0.05) is 25.4 Å². The fraction of sp³-hybridized carbons (Fsp3) is 0.500. The molecule has 2 heterocycles. The second-order valence-corrected chi connectivity index (χ2v) is 6.81. The maximum Gasteiger partial charge on any atom is 0.0815 e. The number of thiophene rings is 1. The maximum absolute atomic E-state index is 6.01. The average Bonchev–Trinajstić information content (AvgIpc) is 2.87. The normalized spacial score (nSPS) is 11.4. The van der Waals surface area contributed by atoms with Crippen LogP contribution >= 0.6 is 22.9 Å². The molecular formula is C14H20ClN3S. The summed E-state index contributed by atoms with van der Waals surface area (Å²) in [6.07, 6.45) is 1.88. The van der Waals surface area contributed by atoms with Crippen molar-refractivity contribution in [1.29, 1.82) is 0 Å². The summed E-state index contributed by atoms with van der Waals surface area (Å²) >= 11 is 7.84. The van der Waals surface area contributed by atoms with Crippen LogP contribution in [0.3, 0.4) is 0 Å². The minimum Gasteiger partial charge on any atom is -0.312 e. The van der Waals surface area contributed by atoms with E-state index < -0.39 is 0 Å². The number of rotatable bonds is 6. The van der Waals surface area contributed by atoms with Crippen LogP contribution in [-0.4, -0.2) is 16.3 Å². The van der Waals surface area contributed by atoms with Crippen LogP contribution in [0.1, 0.15) is 29.3 Å². The molecule has 104 valence electrons. The molecule has 2 aromatic rings. The van der Waals surface area contributed by atoms with Crippen molar-refractivity contribution in [3.63, 3.8) is 0 Å².